The van der Waals surface area contributed by atoms with E-state index in [0.29, 0.717) is 18.0 Å². The van der Waals surface area contributed by atoms with Gasteiger partial charge in [0.1, 0.15) is 11.6 Å². The number of nitrogens with one attached hydrogen (secondary N) is 1. The van der Waals surface area contributed by atoms with E-state index in [0.717, 1.165) is 18.6 Å². The maximum Gasteiger partial charge on any atom is 0.261 e. The fourth-order valence-electron chi connectivity index (χ4n) is 2.41. The monoisotopic (exact) mass is 371 g/mol. The SMILES string of the molecule is O=S(=O)(Nc1cccc(OCCc2ccccc2)c1)c1ccc(F)cc1. The van der Waals surface area contributed by atoms with Crippen LogP contribution in [0.5, 0.6) is 5.75 Å². The quantitative estimate of drug-likeness (QED) is 0.676. The van der Waals surface area contributed by atoms with E-state index in [1.807, 2.05) is 30.3 Å². The first-order chi connectivity index (χ1) is 12.5. The van der Waals surface area contributed by atoms with E-state index in [2.05, 4.69) is 4.72 Å². The van der Waals surface area contributed by atoms with Crippen LogP contribution in [0.3, 0.4) is 0 Å². The molecule has 0 aromatic heterocycles. The zero-order chi connectivity index (χ0) is 18.4. The molecule has 4 nitrogen and oxygen atoms in total. The summed E-state index contributed by atoms with van der Waals surface area (Å²) in [6.45, 7) is 0.484. The summed E-state index contributed by atoms with van der Waals surface area (Å²) in [5.41, 5.74) is 1.55. The lowest BCUT2D eigenvalue weighted by molar-refractivity contribution is 0.322. The molecule has 0 saturated heterocycles. The summed E-state index contributed by atoms with van der Waals surface area (Å²) in [5.74, 6) is 0.0815. The average Bonchev–Trinajstić information content (AvgIpc) is 2.63. The molecule has 0 heterocycles. The first kappa shape index (κ1) is 17.9. The van der Waals surface area contributed by atoms with E-state index in [1.54, 1.807) is 24.3 Å². The molecule has 0 spiro atoms. The molecule has 0 aliphatic heterocycles. The van der Waals surface area contributed by atoms with Gasteiger partial charge in [-0.15, -0.1) is 0 Å². The predicted molar refractivity (Wildman–Crippen MR) is 99.3 cm³/mol. The minimum absolute atomic E-state index is 0.00528. The van der Waals surface area contributed by atoms with Gasteiger partial charge >= 0.3 is 0 Å². The third-order valence-corrected chi connectivity index (χ3v) is 5.11. The Morgan fingerprint density at radius 3 is 2.35 bits per heavy atom. The van der Waals surface area contributed by atoms with Crippen molar-refractivity contribution >= 4 is 15.7 Å². The van der Waals surface area contributed by atoms with E-state index >= 15 is 0 Å². The van der Waals surface area contributed by atoms with Crippen LogP contribution in [0.1, 0.15) is 5.56 Å². The molecule has 0 radical (unpaired) electrons. The van der Waals surface area contributed by atoms with Crippen molar-refractivity contribution in [2.45, 2.75) is 11.3 Å². The number of benzene rings is 3. The molecule has 0 atom stereocenters. The standard InChI is InChI=1S/C20H18FNO3S/c21-17-9-11-20(12-10-17)26(23,24)22-18-7-4-8-19(15-18)25-14-13-16-5-2-1-3-6-16/h1-12,15,22H,13-14H2. The molecular weight excluding hydrogens is 353 g/mol. The molecule has 26 heavy (non-hydrogen) atoms. The smallest absolute Gasteiger partial charge is 0.261 e. The van der Waals surface area contributed by atoms with Crippen LogP contribution in [-0.2, 0) is 16.4 Å². The van der Waals surface area contributed by atoms with Crippen molar-refractivity contribution < 1.29 is 17.5 Å². The van der Waals surface area contributed by atoms with Gasteiger partial charge in [0.05, 0.1) is 17.2 Å². The lowest BCUT2D eigenvalue weighted by atomic mass is 10.2. The number of ether oxygens (including phenoxy) is 1. The maximum absolute atomic E-state index is 13.0. The zero-order valence-corrected chi connectivity index (χ0v) is 14.7. The van der Waals surface area contributed by atoms with E-state index in [-0.39, 0.29) is 4.90 Å². The van der Waals surface area contributed by atoms with Gasteiger partial charge < -0.3 is 4.74 Å². The van der Waals surface area contributed by atoms with Gasteiger partial charge in [-0.2, -0.15) is 0 Å². The number of hydrogen-bond donors (Lipinski definition) is 1. The minimum atomic E-state index is -3.78. The third-order valence-electron chi connectivity index (χ3n) is 3.71. The van der Waals surface area contributed by atoms with Gasteiger partial charge in [0.25, 0.3) is 10.0 Å². The molecule has 3 aromatic carbocycles. The summed E-state index contributed by atoms with van der Waals surface area (Å²) in [7, 11) is -3.78. The van der Waals surface area contributed by atoms with Crippen molar-refractivity contribution in [3.63, 3.8) is 0 Å². The first-order valence-corrected chi connectivity index (χ1v) is 9.56. The van der Waals surface area contributed by atoms with E-state index in [4.69, 9.17) is 4.74 Å². The molecule has 0 saturated carbocycles. The predicted octanol–water partition coefficient (Wildman–Crippen LogP) is 4.25. The average molecular weight is 371 g/mol. The van der Waals surface area contributed by atoms with Crippen LogP contribution in [0.15, 0.2) is 83.8 Å². The summed E-state index contributed by atoms with van der Waals surface area (Å²) >= 11 is 0. The molecule has 0 aliphatic rings. The second-order valence-corrected chi connectivity index (χ2v) is 7.35. The van der Waals surface area contributed by atoms with Gasteiger partial charge in [-0.05, 0) is 42.0 Å². The van der Waals surface area contributed by atoms with Crippen LogP contribution >= 0.6 is 0 Å². The van der Waals surface area contributed by atoms with Gasteiger partial charge in [-0.3, -0.25) is 4.72 Å². The Hall–Kier alpha value is -2.86. The molecule has 1 N–H and O–H groups in total. The Morgan fingerprint density at radius 1 is 0.885 bits per heavy atom. The Balaban J connectivity index is 1.64. The van der Waals surface area contributed by atoms with Crippen LogP contribution in [0.4, 0.5) is 10.1 Å². The van der Waals surface area contributed by atoms with Crippen LogP contribution in [-0.4, -0.2) is 15.0 Å². The summed E-state index contributed by atoms with van der Waals surface area (Å²) < 4.78 is 45.8. The Bertz CT molecular complexity index is 958. The van der Waals surface area contributed by atoms with Crippen molar-refractivity contribution in [2.24, 2.45) is 0 Å². The highest BCUT2D eigenvalue weighted by Crippen LogP contribution is 2.21. The maximum atomic E-state index is 13.0. The van der Waals surface area contributed by atoms with E-state index in [1.165, 1.54) is 17.7 Å². The molecule has 134 valence electrons. The van der Waals surface area contributed by atoms with Gasteiger partial charge in [0, 0.05) is 12.5 Å². The number of hydrogen-bond acceptors (Lipinski definition) is 3. The molecule has 0 unspecified atom stereocenters. The summed E-state index contributed by atoms with van der Waals surface area (Å²) in [5, 5.41) is 0. The molecule has 6 heteroatoms. The summed E-state index contributed by atoms with van der Waals surface area (Å²) in [6, 6.07) is 21.3. The molecule has 0 fully saturated rings. The van der Waals surface area contributed by atoms with Gasteiger partial charge in [0.15, 0.2) is 0 Å². The Kier molecular flexibility index (Phi) is 5.53. The van der Waals surface area contributed by atoms with Gasteiger partial charge in [0.2, 0.25) is 0 Å². The highest BCUT2D eigenvalue weighted by molar-refractivity contribution is 7.92. The number of sulfonamides is 1. The van der Waals surface area contributed by atoms with Crippen molar-refractivity contribution in [1.82, 2.24) is 0 Å². The van der Waals surface area contributed by atoms with Crippen molar-refractivity contribution in [3.05, 3.63) is 90.2 Å². The fraction of sp³-hybridized carbons (Fsp3) is 0.100. The molecule has 3 aromatic rings. The minimum Gasteiger partial charge on any atom is -0.493 e. The number of anilines is 1. The molecule has 0 amide bonds. The zero-order valence-electron chi connectivity index (χ0n) is 13.9. The lowest BCUT2D eigenvalue weighted by Gasteiger charge is -2.11. The second-order valence-electron chi connectivity index (χ2n) is 5.67. The van der Waals surface area contributed by atoms with Crippen LogP contribution in [0.25, 0.3) is 0 Å². The highest BCUT2D eigenvalue weighted by atomic mass is 32.2. The largest absolute Gasteiger partial charge is 0.493 e. The fourth-order valence-corrected chi connectivity index (χ4v) is 3.46. The van der Waals surface area contributed by atoms with E-state index < -0.39 is 15.8 Å². The van der Waals surface area contributed by atoms with Gasteiger partial charge in [-0.25, -0.2) is 12.8 Å². The molecular formula is C20H18FNO3S. The van der Waals surface area contributed by atoms with Crippen LogP contribution < -0.4 is 9.46 Å². The molecule has 0 bridgehead atoms. The van der Waals surface area contributed by atoms with Crippen LogP contribution in [0, 0.1) is 5.82 Å². The molecule has 0 aliphatic carbocycles. The second kappa shape index (κ2) is 8.01. The highest BCUT2D eigenvalue weighted by Gasteiger charge is 2.14. The van der Waals surface area contributed by atoms with E-state index in [9.17, 15) is 12.8 Å². The van der Waals surface area contributed by atoms with Gasteiger partial charge in [-0.1, -0.05) is 36.4 Å². The lowest BCUT2D eigenvalue weighted by Crippen LogP contribution is -2.13. The summed E-state index contributed by atoms with van der Waals surface area (Å²) in [6.07, 6.45) is 0.756. The topological polar surface area (TPSA) is 55.4 Å². The van der Waals surface area contributed by atoms with Crippen molar-refractivity contribution in [3.8, 4) is 5.75 Å². The summed E-state index contributed by atoms with van der Waals surface area (Å²) in [4.78, 5) is -0.00528. The Labute approximate surface area is 152 Å². The third kappa shape index (κ3) is 4.83. The number of halogens is 1. The number of rotatable bonds is 7. The van der Waals surface area contributed by atoms with Crippen molar-refractivity contribution in [2.75, 3.05) is 11.3 Å². The molecule has 3 rings (SSSR count). The normalized spacial score (nSPS) is 11.1. The van der Waals surface area contributed by atoms with Crippen LogP contribution in [0.2, 0.25) is 0 Å². The Morgan fingerprint density at radius 2 is 1.62 bits per heavy atom. The first-order valence-electron chi connectivity index (χ1n) is 8.08. The van der Waals surface area contributed by atoms with Crippen molar-refractivity contribution in [1.29, 1.82) is 0 Å².